The summed E-state index contributed by atoms with van der Waals surface area (Å²) in [6.45, 7) is 2.24. The highest BCUT2D eigenvalue weighted by Gasteiger charge is 2.17. The highest BCUT2D eigenvalue weighted by atomic mass is 35.5. The summed E-state index contributed by atoms with van der Waals surface area (Å²) in [5.41, 5.74) is 2.35. The van der Waals surface area contributed by atoms with Crippen LogP contribution in [0.4, 0.5) is 0 Å². The van der Waals surface area contributed by atoms with Crippen molar-refractivity contribution in [2.24, 2.45) is 0 Å². The zero-order chi connectivity index (χ0) is 18.5. The van der Waals surface area contributed by atoms with Crippen LogP contribution in [0.2, 0.25) is 5.02 Å². The van der Waals surface area contributed by atoms with Crippen molar-refractivity contribution < 1.29 is 13.9 Å². The Morgan fingerprint density at radius 2 is 1.92 bits per heavy atom. The molecule has 0 aliphatic rings. The van der Waals surface area contributed by atoms with Crippen molar-refractivity contribution in [1.29, 1.82) is 0 Å². The lowest BCUT2D eigenvalue weighted by Gasteiger charge is -2.04. The molecule has 2 aromatic carbocycles. The maximum absolute atomic E-state index is 12.2. The van der Waals surface area contributed by atoms with Gasteiger partial charge >= 0.3 is 0 Å². The molecule has 1 heterocycles. The lowest BCUT2D eigenvalue weighted by atomic mass is 10.2. The van der Waals surface area contributed by atoms with Gasteiger partial charge in [0.05, 0.1) is 24.8 Å². The quantitative estimate of drug-likeness (QED) is 0.707. The second-order valence-corrected chi connectivity index (χ2v) is 6.24. The van der Waals surface area contributed by atoms with Crippen molar-refractivity contribution in [3.8, 4) is 17.2 Å². The van der Waals surface area contributed by atoms with Crippen molar-refractivity contribution in [3.05, 3.63) is 70.6 Å². The van der Waals surface area contributed by atoms with Gasteiger partial charge in [-0.25, -0.2) is 4.98 Å². The summed E-state index contributed by atoms with van der Waals surface area (Å²) in [5.74, 6) is 1.61. The second kappa shape index (κ2) is 8.06. The molecule has 0 saturated heterocycles. The first-order valence-electron chi connectivity index (χ1n) is 8.17. The molecule has 0 saturated carbocycles. The van der Waals surface area contributed by atoms with E-state index in [-0.39, 0.29) is 12.3 Å². The molecule has 0 aliphatic carbocycles. The molecule has 0 bridgehead atoms. The van der Waals surface area contributed by atoms with E-state index in [2.05, 4.69) is 10.3 Å². The highest BCUT2D eigenvalue weighted by molar-refractivity contribution is 6.30. The molecule has 6 heteroatoms. The van der Waals surface area contributed by atoms with Crippen LogP contribution in [0.1, 0.15) is 17.0 Å². The number of nitrogens with zero attached hydrogens (tertiary/aromatic N) is 1. The van der Waals surface area contributed by atoms with Gasteiger partial charge in [0.15, 0.2) is 0 Å². The monoisotopic (exact) mass is 370 g/mol. The summed E-state index contributed by atoms with van der Waals surface area (Å²) in [5, 5.41) is 3.55. The lowest BCUT2D eigenvalue weighted by molar-refractivity contribution is -0.120. The number of aryl methyl sites for hydroxylation is 1. The fourth-order valence-corrected chi connectivity index (χ4v) is 2.67. The van der Waals surface area contributed by atoms with Crippen LogP contribution in [0.5, 0.6) is 5.75 Å². The summed E-state index contributed by atoms with van der Waals surface area (Å²) in [7, 11) is 1.60. The summed E-state index contributed by atoms with van der Waals surface area (Å²) >= 11 is 5.86. The second-order valence-electron chi connectivity index (χ2n) is 5.80. The Morgan fingerprint density at radius 1 is 1.19 bits per heavy atom. The minimum absolute atomic E-state index is 0.122. The Balaban J connectivity index is 1.67. The van der Waals surface area contributed by atoms with E-state index in [1.807, 2.05) is 36.4 Å². The van der Waals surface area contributed by atoms with E-state index in [0.717, 1.165) is 11.1 Å². The van der Waals surface area contributed by atoms with Gasteiger partial charge in [0.1, 0.15) is 11.5 Å². The average molecular weight is 371 g/mol. The molecular formula is C20H19ClN2O3. The molecule has 5 nitrogen and oxygen atoms in total. The van der Waals surface area contributed by atoms with E-state index < -0.39 is 0 Å². The van der Waals surface area contributed by atoms with Crippen LogP contribution in [0.15, 0.2) is 52.9 Å². The van der Waals surface area contributed by atoms with Crippen LogP contribution in [-0.4, -0.2) is 18.0 Å². The van der Waals surface area contributed by atoms with Crippen molar-refractivity contribution in [3.63, 3.8) is 0 Å². The SMILES string of the molecule is COc1ccccc1-c1nc(CC(=O)NCc2ccc(Cl)cc2)c(C)o1. The molecule has 0 aliphatic heterocycles. The Hall–Kier alpha value is -2.79. The molecule has 0 atom stereocenters. The molecule has 0 fully saturated rings. The molecular weight excluding hydrogens is 352 g/mol. The Kier molecular flexibility index (Phi) is 5.58. The fraction of sp³-hybridized carbons (Fsp3) is 0.200. The summed E-state index contributed by atoms with van der Waals surface area (Å²) in [4.78, 5) is 16.7. The Bertz CT molecular complexity index is 904. The summed E-state index contributed by atoms with van der Waals surface area (Å²) in [6.07, 6.45) is 0.151. The van der Waals surface area contributed by atoms with E-state index >= 15 is 0 Å². The number of amides is 1. The molecule has 1 N–H and O–H groups in total. The number of carbonyl (C=O) groups is 1. The predicted molar refractivity (Wildman–Crippen MR) is 100 cm³/mol. The van der Waals surface area contributed by atoms with E-state index in [1.54, 1.807) is 26.2 Å². The standard InChI is InChI=1S/C20H19ClN2O3/c1-13-17(11-19(24)22-12-14-7-9-15(21)10-8-14)23-20(26-13)16-5-3-4-6-18(16)25-2/h3-10H,11-12H2,1-2H3,(H,22,24). The normalized spacial score (nSPS) is 10.6. The number of hydrogen-bond donors (Lipinski definition) is 1. The summed E-state index contributed by atoms with van der Waals surface area (Å²) in [6, 6.07) is 14.8. The van der Waals surface area contributed by atoms with Crippen LogP contribution in [0, 0.1) is 6.92 Å². The van der Waals surface area contributed by atoms with E-state index in [0.29, 0.717) is 34.7 Å². The van der Waals surface area contributed by atoms with Crippen molar-refractivity contribution >= 4 is 17.5 Å². The number of ether oxygens (including phenoxy) is 1. The number of hydrogen-bond acceptors (Lipinski definition) is 4. The van der Waals surface area contributed by atoms with Gasteiger partial charge in [-0.05, 0) is 36.8 Å². The maximum atomic E-state index is 12.2. The van der Waals surface area contributed by atoms with Crippen molar-refractivity contribution in [2.45, 2.75) is 19.9 Å². The number of carbonyl (C=O) groups excluding carboxylic acids is 1. The van der Waals surface area contributed by atoms with Crippen LogP contribution >= 0.6 is 11.6 Å². The molecule has 1 aromatic heterocycles. The maximum Gasteiger partial charge on any atom is 0.230 e. The summed E-state index contributed by atoms with van der Waals surface area (Å²) < 4.78 is 11.1. The topological polar surface area (TPSA) is 64.4 Å². The van der Waals surface area contributed by atoms with E-state index in [9.17, 15) is 4.79 Å². The number of benzene rings is 2. The molecule has 134 valence electrons. The molecule has 3 rings (SSSR count). The molecule has 0 radical (unpaired) electrons. The molecule has 0 unspecified atom stereocenters. The van der Waals surface area contributed by atoms with Gasteiger partial charge in [0, 0.05) is 11.6 Å². The predicted octanol–water partition coefficient (Wildman–Crippen LogP) is 4.17. The van der Waals surface area contributed by atoms with E-state index in [4.69, 9.17) is 20.8 Å². The first-order valence-corrected chi connectivity index (χ1v) is 8.55. The number of methoxy groups -OCH3 is 1. The van der Waals surface area contributed by atoms with Crippen LogP contribution < -0.4 is 10.1 Å². The van der Waals surface area contributed by atoms with Gasteiger partial charge in [-0.2, -0.15) is 0 Å². The first kappa shape index (κ1) is 18.0. The van der Waals surface area contributed by atoms with Crippen LogP contribution in [0.3, 0.4) is 0 Å². The number of halogens is 1. The van der Waals surface area contributed by atoms with Gasteiger partial charge in [-0.15, -0.1) is 0 Å². The minimum atomic E-state index is -0.122. The van der Waals surface area contributed by atoms with Crippen molar-refractivity contribution in [2.75, 3.05) is 7.11 Å². The molecule has 26 heavy (non-hydrogen) atoms. The van der Waals surface area contributed by atoms with Crippen LogP contribution in [0.25, 0.3) is 11.5 Å². The van der Waals surface area contributed by atoms with Gasteiger partial charge in [0.25, 0.3) is 0 Å². The van der Waals surface area contributed by atoms with Crippen LogP contribution in [-0.2, 0) is 17.8 Å². The number of aromatic nitrogens is 1. The third kappa shape index (κ3) is 4.24. The first-order chi connectivity index (χ1) is 12.6. The molecule has 1 amide bonds. The Labute approximate surface area is 157 Å². The smallest absolute Gasteiger partial charge is 0.230 e. The molecule has 0 spiro atoms. The molecule has 3 aromatic rings. The lowest BCUT2D eigenvalue weighted by Crippen LogP contribution is -2.24. The van der Waals surface area contributed by atoms with E-state index in [1.165, 1.54) is 0 Å². The average Bonchev–Trinajstić information content (AvgIpc) is 3.01. The van der Waals surface area contributed by atoms with Gasteiger partial charge in [-0.1, -0.05) is 35.9 Å². The zero-order valence-electron chi connectivity index (χ0n) is 14.6. The largest absolute Gasteiger partial charge is 0.496 e. The number of oxazole rings is 1. The Morgan fingerprint density at radius 3 is 2.65 bits per heavy atom. The highest BCUT2D eigenvalue weighted by Crippen LogP contribution is 2.30. The van der Waals surface area contributed by atoms with Gasteiger partial charge < -0.3 is 14.5 Å². The fourth-order valence-electron chi connectivity index (χ4n) is 2.55. The number of rotatable bonds is 6. The van der Waals surface area contributed by atoms with Gasteiger partial charge in [0.2, 0.25) is 11.8 Å². The third-order valence-corrected chi connectivity index (χ3v) is 4.21. The minimum Gasteiger partial charge on any atom is -0.496 e. The van der Waals surface area contributed by atoms with Gasteiger partial charge in [-0.3, -0.25) is 4.79 Å². The third-order valence-electron chi connectivity index (χ3n) is 3.96. The number of para-hydroxylation sites is 1. The number of nitrogens with one attached hydrogen (secondary N) is 1. The zero-order valence-corrected chi connectivity index (χ0v) is 15.3. The van der Waals surface area contributed by atoms with Crippen molar-refractivity contribution in [1.82, 2.24) is 10.3 Å².